The van der Waals surface area contributed by atoms with Gasteiger partial charge >= 0.3 is 0 Å². The fourth-order valence-electron chi connectivity index (χ4n) is 0.752. The summed E-state index contributed by atoms with van der Waals surface area (Å²) >= 11 is 0. The number of rotatable bonds is 3. The van der Waals surface area contributed by atoms with Crippen LogP contribution in [-0.2, 0) is 6.54 Å². The van der Waals surface area contributed by atoms with Crippen molar-refractivity contribution in [2.24, 2.45) is 0 Å². The van der Waals surface area contributed by atoms with Crippen molar-refractivity contribution < 1.29 is 15.3 Å². The van der Waals surface area contributed by atoms with E-state index in [0.717, 1.165) is 5.56 Å². The maximum absolute atomic E-state index is 9.87. The standard InChI is InChI=1S/C7H8N2O2.HNO3/c10-9(11)8-6-7-4-2-1-3-5-7;2-1(3)4/h1-5,8H,6H2;(H,2,3,4). The van der Waals surface area contributed by atoms with E-state index in [9.17, 15) is 10.1 Å². The molecule has 0 aliphatic rings. The zero-order chi connectivity index (χ0) is 11.7. The molecule has 0 saturated heterocycles. The second-order valence-corrected chi connectivity index (χ2v) is 2.32. The first-order valence-electron chi connectivity index (χ1n) is 3.77. The highest BCUT2D eigenvalue weighted by Gasteiger charge is 1.94. The van der Waals surface area contributed by atoms with Gasteiger partial charge in [-0.3, -0.25) is 0 Å². The van der Waals surface area contributed by atoms with Crippen LogP contribution in [0.1, 0.15) is 5.56 Å². The number of hydrogen-bond donors (Lipinski definition) is 2. The summed E-state index contributed by atoms with van der Waals surface area (Å²) in [6.45, 7) is 0.272. The summed E-state index contributed by atoms with van der Waals surface area (Å²) in [5.41, 5.74) is 2.99. The zero-order valence-corrected chi connectivity index (χ0v) is 7.57. The monoisotopic (exact) mass is 215 g/mol. The summed E-state index contributed by atoms with van der Waals surface area (Å²) in [4.78, 5) is 18.2. The predicted octanol–water partition coefficient (Wildman–Crippen LogP) is 0.620. The highest BCUT2D eigenvalue weighted by molar-refractivity contribution is 5.13. The molecular formula is C7H9N3O5. The van der Waals surface area contributed by atoms with Gasteiger partial charge in [-0.1, -0.05) is 30.3 Å². The summed E-state index contributed by atoms with van der Waals surface area (Å²) in [5, 5.41) is 23.0. The fourth-order valence-corrected chi connectivity index (χ4v) is 0.752. The van der Waals surface area contributed by atoms with Gasteiger partial charge in [0.2, 0.25) is 0 Å². The van der Waals surface area contributed by atoms with Crippen molar-refractivity contribution in [1.82, 2.24) is 5.43 Å². The molecule has 0 aliphatic carbocycles. The predicted molar refractivity (Wildman–Crippen MR) is 49.1 cm³/mol. The number of nitrogens with zero attached hydrogens (tertiary/aromatic N) is 2. The minimum atomic E-state index is -1.50. The molecule has 0 radical (unpaired) electrons. The molecule has 1 aromatic carbocycles. The number of hydrazine groups is 1. The molecule has 1 aromatic rings. The molecule has 0 fully saturated rings. The van der Waals surface area contributed by atoms with Crippen molar-refractivity contribution in [3.8, 4) is 0 Å². The van der Waals surface area contributed by atoms with Crippen LogP contribution in [0.3, 0.4) is 0 Å². The maximum Gasteiger partial charge on any atom is 0.291 e. The summed E-state index contributed by atoms with van der Waals surface area (Å²) in [7, 11) is 0. The Morgan fingerprint density at radius 2 is 1.67 bits per heavy atom. The first-order valence-corrected chi connectivity index (χ1v) is 3.77. The lowest BCUT2D eigenvalue weighted by Crippen LogP contribution is -2.20. The second kappa shape index (κ2) is 7.06. The first kappa shape index (κ1) is 12.6. The Hall–Kier alpha value is -2.38. The molecule has 0 unspecified atom stereocenters. The summed E-state index contributed by atoms with van der Waals surface area (Å²) < 4.78 is 0. The number of benzene rings is 1. The van der Waals surface area contributed by atoms with Crippen LogP contribution in [0.4, 0.5) is 0 Å². The Morgan fingerprint density at radius 3 is 2.07 bits per heavy atom. The Labute approximate surface area is 84.4 Å². The molecule has 0 aliphatic heterocycles. The van der Waals surface area contributed by atoms with Crippen molar-refractivity contribution in [2.45, 2.75) is 6.54 Å². The highest BCUT2D eigenvalue weighted by Crippen LogP contribution is 1.96. The smallest absolute Gasteiger partial charge is 0.291 e. The molecule has 0 saturated carbocycles. The van der Waals surface area contributed by atoms with Gasteiger partial charge in [-0.05, 0) is 5.56 Å². The molecule has 15 heavy (non-hydrogen) atoms. The van der Waals surface area contributed by atoms with Gasteiger partial charge < -0.3 is 5.21 Å². The summed E-state index contributed by atoms with van der Waals surface area (Å²) in [6, 6.07) is 9.22. The molecule has 2 N–H and O–H groups in total. The SMILES string of the molecule is O=[N+]([O-])NCc1ccccc1.O=[N+]([O-])O. The Kier molecular flexibility index (Phi) is 5.94. The van der Waals surface area contributed by atoms with Crippen molar-refractivity contribution >= 4 is 0 Å². The zero-order valence-electron chi connectivity index (χ0n) is 7.57. The van der Waals surface area contributed by atoms with Crippen molar-refractivity contribution in [3.05, 3.63) is 56.1 Å². The van der Waals surface area contributed by atoms with E-state index in [-0.39, 0.29) is 6.54 Å². The molecule has 1 rings (SSSR count). The average molecular weight is 215 g/mol. The molecule has 0 spiro atoms. The van der Waals surface area contributed by atoms with Crippen LogP contribution in [0.2, 0.25) is 0 Å². The van der Waals surface area contributed by atoms with Gasteiger partial charge in [0.15, 0.2) is 5.03 Å². The molecule has 8 nitrogen and oxygen atoms in total. The topological polar surface area (TPSA) is 119 Å². The molecule has 0 atom stereocenters. The van der Waals surface area contributed by atoms with Crippen LogP contribution in [0.5, 0.6) is 0 Å². The van der Waals surface area contributed by atoms with Gasteiger partial charge in [-0.25, -0.2) is 10.1 Å². The number of hydrogen-bond acceptors (Lipinski definition) is 4. The Bertz CT molecular complexity index is 312. The van der Waals surface area contributed by atoms with Crippen molar-refractivity contribution in [3.63, 3.8) is 0 Å². The molecule has 0 aromatic heterocycles. The third-order valence-corrected chi connectivity index (χ3v) is 1.26. The summed E-state index contributed by atoms with van der Waals surface area (Å²) in [6.07, 6.45) is 0. The fraction of sp³-hybridized carbons (Fsp3) is 0.143. The van der Waals surface area contributed by atoms with Crippen LogP contribution >= 0.6 is 0 Å². The largest absolute Gasteiger partial charge is 0.328 e. The van der Waals surface area contributed by atoms with E-state index in [1.165, 1.54) is 0 Å². The lowest BCUT2D eigenvalue weighted by molar-refractivity contribution is -0.742. The van der Waals surface area contributed by atoms with Gasteiger partial charge in [0.05, 0.1) is 0 Å². The Morgan fingerprint density at radius 1 is 1.20 bits per heavy atom. The molecule has 82 valence electrons. The third kappa shape index (κ3) is 9.53. The van der Waals surface area contributed by atoms with Gasteiger partial charge in [0.25, 0.3) is 5.09 Å². The van der Waals surface area contributed by atoms with Crippen LogP contribution in [0, 0.1) is 20.2 Å². The summed E-state index contributed by atoms with van der Waals surface area (Å²) in [5.74, 6) is 0. The van der Waals surface area contributed by atoms with Crippen LogP contribution in [-0.4, -0.2) is 15.3 Å². The normalized spacial score (nSPS) is 8.27. The van der Waals surface area contributed by atoms with E-state index in [4.69, 9.17) is 15.3 Å². The van der Waals surface area contributed by atoms with Crippen LogP contribution in [0.15, 0.2) is 30.3 Å². The van der Waals surface area contributed by atoms with Crippen LogP contribution in [0.25, 0.3) is 0 Å². The lowest BCUT2D eigenvalue weighted by atomic mass is 10.2. The number of nitro groups is 1. The van der Waals surface area contributed by atoms with E-state index < -0.39 is 10.1 Å². The average Bonchev–Trinajstić information content (AvgIpc) is 2.15. The molecular weight excluding hydrogens is 206 g/mol. The first-order chi connectivity index (χ1) is 7.02. The second-order valence-electron chi connectivity index (χ2n) is 2.32. The molecule has 0 amide bonds. The number of nitrogens with one attached hydrogen (secondary N) is 1. The van der Waals surface area contributed by atoms with E-state index >= 15 is 0 Å². The van der Waals surface area contributed by atoms with E-state index in [0.29, 0.717) is 0 Å². The minimum absolute atomic E-state index is 0.272. The van der Waals surface area contributed by atoms with E-state index in [1.807, 2.05) is 30.3 Å². The van der Waals surface area contributed by atoms with Crippen LogP contribution < -0.4 is 5.43 Å². The van der Waals surface area contributed by atoms with Gasteiger partial charge in [-0.2, -0.15) is 0 Å². The van der Waals surface area contributed by atoms with E-state index in [1.54, 1.807) is 0 Å². The highest BCUT2D eigenvalue weighted by atomic mass is 16.9. The Balaban J connectivity index is 0.000000423. The van der Waals surface area contributed by atoms with Gasteiger partial charge in [0.1, 0.15) is 6.54 Å². The van der Waals surface area contributed by atoms with Crippen molar-refractivity contribution in [1.29, 1.82) is 0 Å². The minimum Gasteiger partial charge on any atom is -0.328 e. The van der Waals surface area contributed by atoms with Crippen molar-refractivity contribution in [2.75, 3.05) is 0 Å². The van der Waals surface area contributed by atoms with E-state index in [2.05, 4.69) is 5.43 Å². The molecule has 0 heterocycles. The quantitative estimate of drug-likeness (QED) is 0.563. The maximum atomic E-state index is 9.87. The van der Waals surface area contributed by atoms with Gasteiger partial charge in [0, 0.05) is 0 Å². The third-order valence-electron chi connectivity index (χ3n) is 1.26. The van der Waals surface area contributed by atoms with Gasteiger partial charge in [-0.15, -0.1) is 15.5 Å². The molecule has 0 bridgehead atoms. The molecule has 8 heteroatoms. The lowest BCUT2D eigenvalue weighted by Gasteiger charge is -1.95.